The molecular formula is C16H27NO. The number of ether oxygens (including phenoxy) is 1. The van der Waals surface area contributed by atoms with Crippen LogP contribution in [0.3, 0.4) is 0 Å². The molecule has 0 heterocycles. The quantitative estimate of drug-likeness (QED) is 0.642. The van der Waals surface area contributed by atoms with E-state index >= 15 is 0 Å². The fourth-order valence-corrected chi connectivity index (χ4v) is 1.92. The Labute approximate surface area is 112 Å². The molecule has 1 aromatic carbocycles. The van der Waals surface area contributed by atoms with Gasteiger partial charge in [0.15, 0.2) is 0 Å². The second-order valence-corrected chi connectivity index (χ2v) is 4.81. The van der Waals surface area contributed by atoms with Crippen LogP contribution in [0, 0.1) is 0 Å². The Morgan fingerprint density at radius 3 is 2.67 bits per heavy atom. The van der Waals surface area contributed by atoms with Crippen molar-refractivity contribution in [3.63, 3.8) is 0 Å². The molecule has 0 bridgehead atoms. The van der Waals surface area contributed by atoms with Crippen molar-refractivity contribution in [3.8, 4) is 0 Å². The van der Waals surface area contributed by atoms with Crippen molar-refractivity contribution in [1.29, 1.82) is 0 Å². The Balaban J connectivity index is 1.98. The van der Waals surface area contributed by atoms with Gasteiger partial charge in [-0.25, -0.2) is 0 Å². The van der Waals surface area contributed by atoms with E-state index in [1.807, 2.05) is 0 Å². The van der Waals surface area contributed by atoms with E-state index < -0.39 is 0 Å². The van der Waals surface area contributed by atoms with Gasteiger partial charge in [0.05, 0.1) is 12.7 Å². The van der Waals surface area contributed by atoms with Crippen LogP contribution in [0.1, 0.15) is 38.7 Å². The van der Waals surface area contributed by atoms with Gasteiger partial charge in [0.25, 0.3) is 0 Å². The third-order valence-electron chi connectivity index (χ3n) is 3.03. The molecule has 0 fully saturated rings. The molecule has 18 heavy (non-hydrogen) atoms. The van der Waals surface area contributed by atoms with E-state index in [0.29, 0.717) is 6.10 Å². The predicted molar refractivity (Wildman–Crippen MR) is 78.0 cm³/mol. The highest BCUT2D eigenvalue weighted by Crippen LogP contribution is 2.04. The van der Waals surface area contributed by atoms with E-state index in [0.717, 1.165) is 32.5 Å². The Kier molecular flexibility index (Phi) is 8.53. The zero-order chi connectivity index (χ0) is 13.1. The molecule has 0 aliphatic carbocycles. The number of rotatable bonds is 10. The molecule has 2 heteroatoms. The average molecular weight is 249 g/mol. The maximum absolute atomic E-state index is 5.82. The Hall–Kier alpha value is -0.860. The molecular weight excluding hydrogens is 222 g/mol. The van der Waals surface area contributed by atoms with Gasteiger partial charge in [0, 0.05) is 0 Å². The van der Waals surface area contributed by atoms with E-state index in [9.17, 15) is 0 Å². The average Bonchev–Trinajstić information content (AvgIpc) is 2.40. The minimum absolute atomic E-state index is 0.372. The molecule has 0 saturated heterocycles. The third-order valence-corrected chi connectivity index (χ3v) is 3.03. The highest BCUT2D eigenvalue weighted by molar-refractivity contribution is 5.14. The molecule has 0 aromatic heterocycles. The first-order valence-corrected chi connectivity index (χ1v) is 7.19. The molecule has 1 aromatic rings. The van der Waals surface area contributed by atoms with Gasteiger partial charge in [0.2, 0.25) is 0 Å². The van der Waals surface area contributed by atoms with Crippen molar-refractivity contribution in [2.75, 3.05) is 19.7 Å². The highest BCUT2D eigenvalue weighted by Gasteiger charge is 2.01. The number of nitrogens with one attached hydrogen (secondary N) is 1. The minimum Gasteiger partial charge on any atom is -0.378 e. The summed E-state index contributed by atoms with van der Waals surface area (Å²) in [6.45, 7) is 7.43. The lowest BCUT2D eigenvalue weighted by Gasteiger charge is -2.13. The molecule has 2 nitrogen and oxygen atoms in total. The van der Waals surface area contributed by atoms with E-state index in [2.05, 4.69) is 49.5 Å². The lowest BCUT2D eigenvalue weighted by molar-refractivity contribution is 0.0612. The fraction of sp³-hybridized carbons (Fsp3) is 0.625. The summed E-state index contributed by atoms with van der Waals surface area (Å²) in [6.07, 6.45) is 4.94. The van der Waals surface area contributed by atoms with Crippen molar-refractivity contribution in [2.45, 2.75) is 45.6 Å². The predicted octanol–water partition coefficient (Wildman–Crippen LogP) is 3.41. The maximum Gasteiger partial charge on any atom is 0.0547 e. The fourth-order valence-electron chi connectivity index (χ4n) is 1.92. The van der Waals surface area contributed by atoms with Crippen LogP contribution >= 0.6 is 0 Å². The molecule has 0 spiro atoms. The summed E-state index contributed by atoms with van der Waals surface area (Å²) in [4.78, 5) is 0. The van der Waals surface area contributed by atoms with Crippen LogP contribution in [0.5, 0.6) is 0 Å². The number of hydrogen-bond donors (Lipinski definition) is 1. The smallest absolute Gasteiger partial charge is 0.0547 e. The highest BCUT2D eigenvalue weighted by atomic mass is 16.5. The zero-order valence-corrected chi connectivity index (χ0v) is 11.8. The van der Waals surface area contributed by atoms with Crippen LogP contribution in [0.25, 0.3) is 0 Å². The Bertz CT molecular complexity index is 286. The lowest BCUT2D eigenvalue weighted by Crippen LogP contribution is -2.18. The topological polar surface area (TPSA) is 21.3 Å². The summed E-state index contributed by atoms with van der Waals surface area (Å²) in [6, 6.07) is 10.5. The summed E-state index contributed by atoms with van der Waals surface area (Å²) >= 11 is 0. The van der Waals surface area contributed by atoms with Crippen LogP contribution in [0.15, 0.2) is 30.3 Å². The molecule has 0 saturated carbocycles. The maximum atomic E-state index is 5.82. The first kappa shape index (κ1) is 15.2. The van der Waals surface area contributed by atoms with E-state index in [-0.39, 0.29) is 0 Å². The molecule has 0 radical (unpaired) electrons. The van der Waals surface area contributed by atoms with E-state index in [1.54, 1.807) is 0 Å². The number of hydrogen-bond acceptors (Lipinski definition) is 2. The Morgan fingerprint density at radius 2 is 1.94 bits per heavy atom. The van der Waals surface area contributed by atoms with Crippen LogP contribution in [-0.4, -0.2) is 25.8 Å². The van der Waals surface area contributed by atoms with E-state index in [1.165, 1.54) is 18.4 Å². The normalized spacial score (nSPS) is 12.6. The van der Waals surface area contributed by atoms with Gasteiger partial charge in [-0.15, -0.1) is 0 Å². The standard InChI is InChI=1S/C16H27NO/c1-3-12-17-13-7-8-15(2)18-14-11-16-9-5-4-6-10-16/h4-6,9-10,15,17H,3,7-8,11-14H2,1-2H3. The van der Waals surface area contributed by atoms with Crippen LogP contribution in [0.2, 0.25) is 0 Å². The molecule has 1 atom stereocenters. The monoisotopic (exact) mass is 249 g/mol. The van der Waals surface area contributed by atoms with Gasteiger partial charge >= 0.3 is 0 Å². The first-order chi connectivity index (χ1) is 8.83. The van der Waals surface area contributed by atoms with Gasteiger partial charge in [-0.3, -0.25) is 0 Å². The lowest BCUT2D eigenvalue weighted by atomic mass is 10.1. The third kappa shape index (κ3) is 7.46. The molecule has 1 unspecified atom stereocenters. The van der Waals surface area contributed by atoms with Gasteiger partial charge in [-0.2, -0.15) is 0 Å². The molecule has 0 amide bonds. The molecule has 0 aliphatic rings. The van der Waals surface area contributed by atoms with Gasteiger partial charge in [-0.05, 0) is 51.3 Å². The number of benzene rings is 1. The van der Waals surface area contributed by atoms with Crippen LogP contribution in [-0.2, 0) is 11.2 Å². The van der Waals surface area contributed by atoms with Crippen molar-refractivity contribution >= 4 is 0 Å². The summed E-state index contributed by atoms with van der Waals surface area (Å²) in [7, 11) is 0. The van der Waals surface area contributed by atoms with Crippen molar-refractivity contribution in [3.05, 3.63) is 35.9 Å². The minimum atomic E-state index is 0.372. The second-order valence-electron chi connectivity index (χ2n) is 4.81. The van der Waals surface area contributed by atoms with Gasteiger partial charge in [0.1, 0.15) is 0 Å². The Morgan fingerprint density at radius 1 is 1.17 bits per heavy atom. The second kappa shape index (κ2) is 10.1. The van der Waals surface area contributed by atoms with Gasteiger partial charge < -0.3 is 10.1 Å². The first-order valence-electron chi connectivity index (χ1n) is 7.19. The van der Waals surface area contributed by atoms with Crippen molar-refractivity contribution in [2.24, 2.45) is 0 Å². The van der Waals surface area contributed by atoms with Crippen LogP contribution < -0.4 is 5.32 Å². The van der Waals surface area contributed by atoms with Crippen molar-refractivity contribution < 1.29 is 4.74 Å². The summed E-state index contributed by atoms with van der Waals surface area (Å²) in [5, 5.41) is 3.42. The zero-order valence-electron chi connectivity index (χ0n) is 11.8. The SMILES string of the molecule is CCCNCCCC(C)OCCc1ccccc1. The molecule has 1 rings (SSSR count). The van der Waals surface area contributed by atoms with Crippen LogP contribution in [0.4, 0.5) is 0 Å². The largest absolute Gasteiger partial charge is 0.378 e. The summed E-state index contributed by atoms with van der Waals surface area (Å²) in [5.41, 5.74) is 1.36. The van der Waals surface area contributed by atoms with Crippen molar-refractivity contribution in [1.82, 2.24) is 5.32 Å². The summed E-state index contributed by atoms with van der Waals surface area (Å²) < 4.78 is 5.82. The molecule has 1 N–H and O–H groups in total. The molecule has 0 aliphatic heterocycles. The molecule has 102 valence electrons. The van der Waals surface area contributed by atoms with Gasteiger partial charge in [-0.1, -0.05) is 37.3 Å². The summed E-state index contributed by atoms with van der Waals surface area (Å²) in [5.74, 6) is 0. The van der Waals surface area contributed by atoms with E-state index in [4.69, 9.17) is 4.74 Å².